The molecule has 5 nitrogen and oxygen atoms in total. The minimum Gasteiger partial charge on any atom is -0.366 e. The van der Waals surface area contributed by atoms with Crippen molar-refractivity contribution in [2.24, 2.45) is 4.99 Å². The summed E-state index contributed by atoms with van der Waals surface area (Å²) in [6.07, 6.45) is 5.56. The Morgan fingerprint density at radius 1 is 0.500 bits per heavy atom. The van der Waals surface area contributed by atoms with Crippen molar-refractivity contribution in [3.8, 4) is 45.3 Å². The third-order valence-corrected chi connectivity index (χ3v) is 7.07. The summed E-state index contributed by atoms with van der Waals surface area (Å²) in [4.78, 5) is 19.3. The molecule has 6 aromatic rings. The average molecular weight is 516 g/mol. The lowest BCUT2D eigenvalue weighted by molar-refractivity contribution is 0.659. The van der Waals surface area contributed by atoms with Crippen molar-refractivity contribution < 1.29 is 0 Å². The summed E-state index contributed by atoms with van der Waals surface area (Å²) in [5.74, 6) is 1.95. The largest absolute Gasteiger partial charge is 0.366 e. The molecule has 1 aliphatic rings. The first-order chi connectivity index (χ1) is 19.8. The van der Waals surface area contributed by atoms with Gasteiger partial charge >= 0.3 is 0 Å². The molecule has 0 spiro atoms. The molecule has 1 aliphatic heterocycles. The molecule has 40 heavy (non-hydrogen) atoms. The van der Waals surface area contributed by atoms with E-state index in [2.05, 4.69) is 66.0 Å². The summed E-state index contributed by atoms with van der Waals surface area (Å²) in [5, 5.41) is 5.79. The first kappa shape index (κ1) is 23.7. The quantitative estimate of drug-likeness (QED) is 0.254. The van der Waals surface area contributed by atoms with E-state index in [1.165, 1.54) is 10.8 Å². The highest BCUT2D eigenvalue weighted by Crippen LogP contribution is 2.36. The molecule has 5 heteroatoms. The van der Waals surface area contributed by atoms with Crippen molar-refractivity contribution in [1.82, 2.24) is 20.3 Å². The SMILES string of the molecule is C1=CNC(c2c(-c3ccc(-c4nc(-c5ccccc5)nc(-c5ccccc5)n4)cc3)ccc3ccccc23)N=C1. The Morgan fingerprint density at radius 2 is 1.05 bits per heavy atom. The van der Waals surface area contributed by atoms with Gasteiger partial charge in [-0.2, -0.15) is 0 Å². The van der Waals surface area contributed by atoms with Gasteiger partial charge in [-0.15, -0.1) is 0 Å². The number of rotatable bonds is 5. The van der Waals surface area contributed by atoms with Crippen LogP contribution in [0.5, 0.6) is 0 Å². The molecule has 0 amide bonds. The Kier molecular flexibility index (Phi) is 6.15. The van der Waals surface area contributed by atoms with E-state index in [-0.39, 0.29) is 6.17 Å². The zero-order valence-electron chi connectivity index (χ0n) is 21.6. The maximum atomic E-state index is 4.87. The smallest absolute Gasteiger partial charge is 0.164 e. The molecule has 0 radical (unpaired) electrons. The second kappa shape index (κ2) is 10.4. The van der Waals surface area contributed by atoms with E-state index < -0.39 is 0 Å². The number of nitrogens with one attached hydrogen (secondary N) is 1. The summed E-state index contributed by atoms with van der Waals surface area (Å²) in [7, 11) is 0. The van der Waals surface area contributed by atoms with Gasteiger partial charge < -0.3 is 5.32 Å². The van der Waals surface area contributed by atoms with Crippen LogP contribution in [0.15, 0.2) is 139 Å². The number of aromatic nitrogens is 3. The number of benzene rings is 5. The van der Waals surface area contributed by atoms with Crippen LogP contribution in [0, 0.1) is 0 Å². The Bertz CT molecular complexity index is 1800. The predicted octanol–water partition coefficient (Wildman–Crippen LogP) is 7.88. The van der Waals surface area contributed by atoms with Crippen molar-refractivity contribution >= 4 is 17.0 Å². The highest BCUT2D eigenvalue weighted by Gasteiger charge is 2.19. The molecule has 0 fully saturated rings. The number of hydrogen-bond acceptors (Lipinski definition) is 5. The molecule has 7 rings (SSSR count). The molecule has 2 heterocycles. The van der Waals surface area contributed by atoms with Gasteiger partial charge in [0.15, 0.2) is 17.5 Å². The minimum atomic E-state index is -0.156. The van der Waals surface area contributed by atoms with Crippen LogP contribution in [0.1, 0.15) is 11.7 Å². The molecule has 1 N–H and O–H groups in total. The van der Waals surface area contributed by atoms with E-state index in [1.807, 2.05) is 79.2 Å². The minimum absolute atomic E-state index is 0.156. The van der Waals surface area contributed by atoms with Crippen LogP contribution in [-0.2, 0) is 0 Å². The van der Waals surface area contributed by atoms with Gasteiger partial charge in [0.2, 0.25) is 0 Å². The zero-order valence-corrected chi connectivity index (χ0v) is 21.6. The molecule has 1 unspecified atom stereocenters. The Hall–Kier alpha value is -5.42. The van der Waals surface area contributed by atoms with Crippen LogP contribution in [0.4, 0.5) is 0 Å². The van der Waals surface area contributed by atoms with Crippen LogP contribution >= 0.6 is 0 Å². The Morgan fingerprint density at radius 3 is 1.65 bits per heavy atom. The van der Waals surface area contributed by atoms with Gasteiger partial charge in [-0.3, -0.25) is 4.99 Å². The van der Waals surface area contributed by atoms with Gasteiger partial charge in [-0.05, 0) is 34.2 Å². The normalized spacial score (nSPS) is 14.2. The molecule has 1 aromatic heterocycles. The lowest BCUT2D eigenvalue weighted by Crippen LogP contribution is -2.17. The van der Waals surface area contributed by atoms with Crippen molar-refractivity contribution in [3.05, 3.63) is 139 Å². The highest BCUT2D eigenvalue weighted by atomic mass is 15.1. The third-order valence-electron chi connectivity index (χ3n) is 7.07. The molecule has 0 bridgehead atoms. The molecule has 1 atom stereocenters. The van der Waals surface area contributed by atoms with E-state index in [0.29, 0.717) is 17.5 Å². The predicted molar refractivity (Wildman–Crippen MR) is 163 cm³/mol. The molecule has 190 valence electrons. The fourth-order valence-corrected chi connectivity index (χ4v) is 5.10. The standard InChI is InChI=1S/C35H25N5/c1-3-11-26(12-4-1)32-38-33(27-13-5-2-6-14-27)40-34(39-32)28-18-16-25(17-19-28)30-21-20-24-10-7-8-15-29(24)31(30)35-36-22-9-23-37-35/h1-23,35-36H. The van der Waals surface area contributed by atoms with Gasteiger partial charge in [0.1, 0.15) is 6.17 Å². The number of allylic oxidation sites excluding steroid dienone is 1. The van der Waals surface area contributed by atoms with E-state index in [1.54, 1.807) is 0 Å². The first-order valence-electron chi connectivity index (χ1n) is 13.3. The number of hydrogen-bond donors (Lipinski definition) is 1. The zero-order chi connectivity index (χ0) is 26.7. The molecule has 0 saturated heterocycles. The van der Waals surface area contributed by atoms with Crippen LogP contribution in [0.25, 0.3) is 56.1 Å². The summed E-state index contributed by atoms with van der Waals surface area (Å²) in [6, 6.07) is 41.3. The number of nitrogens with zero attached hydrogens (tertiary/aromatic N) is 4. The van der Waals surface area contributed by atoms with Crippen molar-refractivity contribution in [2.75, 3.05) is 0 Å². The van der Waals surface area contributed by atoms with Gasteiger partial charge in [0.05, 0.1) is 0 Å². The van der Waals surface area contributed by atoms with Crippen molar-refractivity contribution in [2.45, 2.75) is 6.17 Å². The molecular weight excluding hydrogens is 490 g/mol. The summed E-state index contributed by atoms with van der Waals surface area (Å²) < 4.78 is 0. The lowest BCUT2D eigenvalue weighted by atomic mass is 9.92. The van der Waals surface area contributed by atoms with Gasteiger partial charge in [0.25, 0.3) is 0 Å². The number of fused-ring (bicyclic) bond motifs is 1. The average Bonchev–Trinajstić information content (AvgIpc) is 3.05. The fraction of sp³-hybridized carbons (Fsp3) is 0.0286. The van der Waals surface area contributed by atoms with E-state index >= 15 is 0 Å². The highest BCUT2D eigenvalue weighted by molar-refractivity contribution is 5.93. The lowest BCUT2D eigenvalue weighted by Gasteiger charge is -2.21. The maximum absolute atomic E-state index is 4.87. The van der Waals surface area contributed by atoms with E-state index in [9.17, 15) is 0 Å². The fourth-order valence-electron chi connectivity index (χ4n) is 5.10. The van der Waals surface area contributed by atoms with Crippen LogP contribution in [0.3, 0.4) is 0 Å². The van der Waals surface area contributed by atoms with Gasteiger partial charge in [-0.25, -0.2) is 15.0 Å². The topological polar surface area (TPSA) is 63.1 Å². The summed E-state index contributed by atoms with van der Waals surface area (Å²) in [6.45, 7) is 0. The van der Waals surface area contributed by atoms with E-state index in [0.717, 1.165) is 33.4 Å². The van der Waals surface area contributed by atoms with Gasteiger partial charge in [-0.1, -0.05) is 121 Å². The second-order valence-corrected chi connectivity index (χ2v) is 9.59. The van der Waals surface area contributed by atoms with Crippen molar-refractivity contribution in [1.29, 1.82) is 0 Å². The van der Waals surface area contributed by atoms with Crippen LogP contribution in [-0.4, -0.2) is 21.2 Å². The summed E-state index contributed by atoms with van der Waals surface area (Å²) >= 11 is 0. The monoisotopic (exact) mass is 515 g/mol. The Balaban J connectivity index is 1.33. The maximum Gasteiger partial charge on any atom is 0.164 e. The second-order valence-electron chi connectivity index (χ2n) is 9.59. The molecule has 0 saturated carbocycles. The summed E-state index contributed by atoms with van der Waals surface area (Å²) in [5.41, 5.74) is 6.24. The number of aliphatic imine (C=N–C) groups is 1. The molecule has 5 aromatic carbocycles. The Labute approximate surface area is 232 Å². The van der Waals surface area contributed by atoms with Crippen LogP contribution in [0.2, 0.25) is 0 Å². The molecular formula is C35H25N5. The van der Waals surface area contributed by atoms with E-state index in [4.69, 9.17) is 19.9 Å². The molecule has 0 aliphatic carbocycles. The third kappa shape index (κ3) is 4.54. The van der Waals surface area contributed by atoms with Gasteiger partial charge in [0, 0.05) is 28.5 Å². The first-order valence-corrected chi connectivity index (χ1v) is 13.3. The van der Waals surface area contributed by atoms with Crippen molar-refractivity contribution in [3.63, 3.8) is 0 Å². The van der Waals surface area contributed by atoms with Crippen LogP contribution < -0.4 is 5.32 Å².